The van der Waals surface area contributed by atoms with Gasteiger partial charge in [0.15, 0.2) is 0 Å². The van der Waals surface area contributed by atoms with Crippen LogP contribution in [-0.2, 0) is 29.8 Å². The third kappa shape index (κ3) is 3.23. The second-order valence-electron chi connectivity index (χ2n) is 7.73. The maximum absolute atomic E-state index is 12.2. The zero-order valence-corrected chi connectivity index (χ0v) is 14.0. The zero-order valence-electron chi connectivity index (χ0n) is 14.0. The molecule has 1 aromatic heterocycles. The zero-order chi connectivity index (χ0) is 16.0. The first-order valence-electron chi connectivity index (χ1n) is 7.44. The summed E-state index contributed by atoms with van der Waals surface area (Å²) >= 11 is 0. The second kappa shape index (κ2) is 5.05. The summed E-state index contributed by atoms with van der Waals surface area (Å²) in [4.78, 5) is 17.4. The molecular weight excluding hydrogens is 266 g/mol. The molecular formula is C16H27N3O2. The van der Waals surface area contributed by atoms with Crippen molar-refractivity contribution >= 4 is 6.09 Å². The lowest BCUT2D eigenvalue weighted by atomic mass is 9.88. The highest BCUT2D eigenvalue weighted by Crippen LogP contribution is 2.34. The Morgan fingerprint density at radius 1 is 1.24 bits per heavy atom. The number of nitrogens with zero attached hydrogens (tertiary/aromatic N) is 1. The van der Waals surface area contributed by atoms with Crippen LogP contribution in [0.2, 0.25) is 0 Å². The van der Waals surface area contributed by atoms with Crippen molar-refractivity contribution < 1.29 is 9.53 Å². The van der Waals surface area contributed by atoms with Gasteiger partial charge in [-0.1, -0.05) is 20.8 Å². The number of nitrogens with one attached hydrogen (secondary N) is 1. The highest BCUT2D eigenvalue weighted by Gasteiger charge is 2.33. The number of hydrogen-bond acceptors (Lipinski definition) is 3. The van der Waals surface area contributed by atoms with Gasteiger partial charge in [-0.2, -0.15) is 0 Å². The normalized spacial score (nSPS) is 15.3. The Balaban J connectivity index is 2.21. The fourth-order valence-electron chi connectivity index (χ4n) is 2.72. The van der Waals surface area contributed by atoms with E-state index in [1.165, 1.54) is 5.69 Å². The van der Waals surface area contributed by atoms with E-state index >= 15 is 0 Å². The first kappa shape index (κ1) is 15.9. The molecule has 1 aromatic rings. The fraction of sp³-hybridized carbons (Fsp3) is 0.688. The molecule has 0 atom stereocenters. The van der Waals surface area contributed by atoms with Crippen LogP contribution in [0.5, 0.6) is 0 Å². The summed E-state index contributed by atoms with van der Waals surface area (Å²) in [7, 11) is 0. The number of aromatic amines is 1. The van der Waals surface area contributed by atoms with Gasteiger partial charge in [0.2, 0.25) is 0 Å². The van der Waals surface area contributed by atoms with E-state index in [1.807, 2.05) is 20.8 Å². The summed E-state index contributed by atoms with van der Waals surface area (Å²) in [5.41, 5.74) is 10.1. The number of amides is 1. The summed E-state index contributed by atoms with van der Waals surface area (Å²) < 4.78 is 5.44. The Labute approximate surface area is 126 Å². The Morgan fingerprint density at radius 2 is 1.86 bits per heavy atom. The van der Waals surface area contributed by atoms with Crippen molar-refractivity contribution in [1.29, 1.82) is 0 Å². The van der Waals surface area contributed by atoms with Crippen molar-refractivity contribution in [3.8, 4) is 0 Å². The predicted octanol–water partition coefficient (Wildman–Crippen LogP) is 3.02. The summed E-state index contributed by atoms with van der Waals surface area (Å²) in [6, 6.07) is 0. The summed E-state index contributed by atoms with van der Waals surface area (Å²) in [5.74, 6) is 0. The van der Waals surface area contributed by atoms with Crippen LogP contribution in [0, 0.1) is 0 Å². The molecule has 0 saturated heterocycles. The molecule has 0 bridgehead atoms. The number of rotatable bonds is 1. The van der Waals surface area contributed by atoms with Gasteiger partial charge >= 0.3 is 6.09 Å². The highest BCUT2D eigenvalue weighted by atomic mass is 16.6. The molecule has 0 aliphatic carbocycles. The monoisotopic (exact) mass is 293 g/mol. The van der Waals surface area contributed by atoms with Crippen molar-refractivity contribution in [3.05, 3.63) is 22.5 Å². The molecule has 0 spiro atoms. The van der Waals surface area contributed by atoms with E-state index in [1.54, 1.807) is 4.90 Å². The molecule has 21 heavy (non-hydrogen) atoms. The second-order valence-corrected chi connectivity index (χ2v) is 7.73. The topological polar surface area (TPSA) is 71.3 Å². The molecule has 2 heterocycles. The largest absolute Gasteiger partial charge is 0.444 e. The minimum absolute atomic E-state index is 0.0236. The van der Waals surface area contributed by atoms with Crippen LogP contribution >= 0.6 is 0 Å². The number of nitrogens with two attached hydrogens (primary N) is 1. The van der Waals surface area contributed by atoms with Gasteiger partial charge < -0.3 is 15.5 Å². The maximum atomic E-state index is 12.2. The number of carbonyl (C=O) groups excluding carboxylic acids is 1. The third-order valence-corrected chi connectivity index (χ3v) is 3.61. The molecule has 0 unspecified atom stereocenters. The minimum atomic E-state index is -0.472. The maximum Gasteiger partial charge on any atom is 0.410 e. The summed E-state index contributed by atoms with van der Waals surface area (Å²) in [5, 5.41) is 0. The molecule has 1 aliphatic rings. The first-order chi connectivity index (χ1) is 9.53. The van der Waals surface area contributed by atoms with E-state index < -0.39 is 5.60 Å². The van der Waals surface area contributed by atoms with Crippen molar-refractivity contribution in [3.63, 3.8) is 0 Å². The third-order valence-electron chi connectivity index (χ3n) is 3.61. The minimum Gasteiger partial charge on any atom is -0.444 e. The van der Waals surface area contributed by atoms with E-state index in [9.17, 15) is 4.79 Å². The quantitative estimate of drug-likeness (QED) is 0.836. The molecule has 1 amide bonds. The van der Waals surface area contributed by atoms with Crippen LogP contribution in [0.4, 0.5) is 4.79 Å². The van der Waals surface area contributed by atoms with E-state index in [0.717, 1.165) is 16.8 Å². The summed E-state index contributed by atoms with van der Waals surface area (Å²) in [6.45, 7) is 13.8. The van der Waals surface area contributed by atoms with Gasteiger partial charge in [0.1, 0.15) is 5.60 Å². The van der Waals surface area contributed by atoms with Gasteiger partial charge in [-0.25, -0.2) is 4.79 Å². The molecule has 5 nitrogen and oxygen atoms in total. The molecule has 3 N–H and O–H groups in total. The molecule has 0 saturated carbocycles. The molecule has 2 rings (SSSR count). The van der Waals surface area contributed by atoms with Gasteiger partial charge in [0.05, 0.1) is 13.1 Å². The average Bonchev–Trinajstić information content (AvgIpc) is 2.81. The molecule has 118 valence electrons. The number of aromatic nitrogens is 1. The van der Waals surface area contributed by atoms with Crippen molar-refractivity contribution in [1.82, 2.24) is 9.88 Å². The lowest BCUT2D eigenvalue weighted by Crippen LogP contribution is -2.33. The molecule has 0 radical (unpaired) electrons. The van der Waals surface area contributed by atoms with Crippen molar-refractivity contribution in [2.24, 2.45) is 5.73 Å². The van der Waals surface area contributed by atoms with Crippen LogP contribution < -0.4 is 5.73 Å². The molecule has 0 fully saturated rings. The van der Waals surface area contributed by atoms with Gasteiger partial charge in [-0.15, -0.1) is 0 Å². The fourth-order valence-corrected chi connectivity index (χ4v) is 2.72. The Bertz CT molecular complexity index is 547. The lowest BCUT2D eigenvalue weighted by molar-refractivity contribution is 0.0240. The Kier molecular flexibility index (Phi) is 3.82. The van der Waals surface area contributed by atoms with Crippen molar-refractivity contribution in [2.75, 3.05) is 0 Å². The summed E-state index contributed by atoms with van der Waals surface area (Å²) in [6.07, 6.45) is -0.271. The van der Waals surface area contributed by atoms with E-state index in [2.05, 4.69) is 25.8 Å². The number of carbonyl (C=O) groups is 1. The number of hydrogen-bond donors (Lipinski definition) is 2. The number of fused-ring (bicyclic) bond motifs is 1. The number of H-pyrrole nitrogens is 1. The molecule has 0 aromatic carbocycles. The highest BCUT2D eigenvalue weighted by molar-refractivity contribution is 5.69. The van der Waals surface area contributed by atoms with Crippen LogP contribution in [-0.4, -0.2) is 21.6 Å². The van der Waals surface area contributed by atoms with E-state index in [-0.39, 0.29) is 11.5 Å². The molecule has 5 heteroatoms. The van der Waals surface area contributed by atoms with Gasteiger partial charge in [-0.05, 0) is 31.9 Å². The molecule has 1 aliphatic heterocycles. The van der Waals surface area contributed by atoms with Crippen LogP contribution in [0.15, 0.2) is 0 Å². The standard InChI is InChI=1S/C16H27N3O2/c1-15(2,3)13-10(7-17)11-8-19(9-12(11)18-13)14(20)21-16(4,5)6/h18H,7-9,17H2,1-6H3. The number of ether oxygens (including phenoxy) is 1. The van der Waals surface area contributed by atoms with Crippen LogP contribution in [0.1, 0.15) is 64.1 Å². The van der Waals surface area contributed by atoms with Crippen LogP contribution in [0.3, 0.4) is 0 Å². The Hall–Kier alpha value is -1.49. The van der Waals surface area contributed by atoms with E-state index in [4.69, 9.17) is 10.5 Å². The van der Waals surface area contributed by atoms with E-state index in [0.29, 0.717) is 19.6 Å². The van der Waals surface area contributed by atoms with Gasteiger partial charge in [0.25, 0.3) is 0 Å². The van der Waals surface area contributed by atoms with Crippen molar-refractivity contribution in [2.45, 2.75) is 72.2 Å². The smallest absolute Gasteiger partial charge is 0.410 e. The van der Waals surface area contributed by atoms with Gasteiger partial charge in [-0.3, -0.25) is 4.90 Å². The predicted molar refractivity (Wildman–Crippen MR) is 82.9 cm³/mol. The lowest BCUT2D eigenvalue weighted by Gasteiger charge is -2.25. The van der Waals surface area contributed by atoms with Crippen LogP contribution in [0.25, 0.3) is 0 Å². The first-order valence-corrected chi connectivity index (χ1v) is 7.44. The average molecular weight is 293 g/mol. The SMILES string of the molecule is CC(C)(C)OC(=O)N1Cc2[nH]c(C(C)(C)C)c(CN)c2C1. The Morgan fingerprint density at radius 3 is 2.33 bits per heavy atom. The van der Waals surface area contributed by atoms with Gasteiger partial charge in [0, 0.05) is 23.3 Å².